The van der Waals surface area contributed by atoms with Gasteiger partial charge >= 0.3 is 0 Å². The fraction of sp³-hybridized carbons (Fsp3) is 0. The highest BCUT2D eigenvalue weighted by Crippen LogP contribution is 2.39. The van der Waals surface area contributed by atoms with Crippen LogP contribution >= 0.6 is 0 Å². The maximum absolute atomic E-state index is 3.55. The molecule has 0 unspecified atom stereocenters. The summed E-state index contributed by atoms with van der Waals surface area (Å²) in [5.41, 5.74) is 11.0. The van der Waals surface area contributed by atoms with Crippen LogP contribution in [0.3, 0.4) is 0 Å². The van der Waals surface area contributed by atoms with Crippen molar-refractivity contribution in [3.63, 3.8) is 0 Å². The van der Waals surface area contributed by atoms with Crippen molar-refractivity contribution in [3.05, 3.63) is 193 Å². The van der Waals surface area contributed by atoms with Gasteiger partial charge in [-0.3, -0.25) is 0 Å². The standard InChI is InChI=1S/C44H30N2/c1-5-15-33(16-6-1)25-26-35-31-42-40-23-13-14-24-43(40)46(38-21-11-4-12-22-38)44(42)32-41(35)34-27-29-39(30-28-34)45(36-17-7-2-8-18-36)37-19-9-3-10-20-37/h1-24,27-32H. The summed E-state index contributed by atoms with van der Waals surface area (Å²) in [7, 11) is 0. The molecule has 8 rings (SSSR count). The highest BCUT2D eigenvalue weighted by molar-refractivity contribution is 6.11. The molecular formula is C44H30N2. The Labute approximate surface area is 269 Å². The zero-order valence-electron chi connectivity index (χ0n) is 25.2. The Hall–Kier alpha value is -6.30. The Kier molecular flexibility index (Phi) is 7.11. The first kappa shape index (κ1) is 27.3. The molecule has 0 spiro atoms. The van der Waals surface area contributed by atoms with E-state index in [-0.39, 0.29) is 0 Å². The summed E-state index contributed by atoms with van der Waals surface area (Å²) >= 11 is 0. The minimum Gasteiger partial charge on any atom is -0.311 e. The summed E-state index contributed by atoms with van der Waals surface area (Å²) < 4.78 is 2.36. The lowest BCUT2D eigenvalue weighted by Gasteiger charge is -2.25. The molecule has 8 aromatic rings. The number of fused-ring (bicyclic) bond motifs is 3. The maximum Gasteiger partial charge on any atom is 0.0548 e. The summed E-state index contributed by atoms with van der Waals surface area (Å²) in [6.45, 7) is 0. The van der Waals surface area contributed by atoms with Crippen LogP contribution in [0.25, 0.3) is 38.6 Å². The van der Waals surface area contributed by atoms with Crippen LogP contribution < -0.4 is 4.90 Å². The number of hydrogen-bond acceptors (Lipinski definition) is 1. The minimum atomic E-state index is 0.997. The second-order valence-electron chi connectivity index (χ2n) is 11.3. The molecule has 1 aromatic heterocycles. The second-order valence-corrected chi connectivity index (χ2v) is 11.3. The number of rotatable bonds is 5. The average molecular weight is 587 g/mol. The van der Waals surface area contributed by atoms with Gasteiger partial charge in [-0.1, -0.05) is 115 Å². The molecule has 0 atom stereocenters. The summed E-state index contributed by atoms with van der Waals surface area (Å²) in [6.07, 6.45) is 0. The quantitative estimate of drug-likeness (QED) is 0.182. The van der Waals surface area contributed by atoms with Crippen molar-refractivity contribution >= 4 is 38.9 Å². The van der Waals surface area contributed by atoms with Gasteiger partial charge < -0.3 is 9.47 Å². The number of para-hydroxylation sites is 4. The highest BCUT2D eigenvalue weighted by Gasteiger charge is 2.17. The molecule has 7 aromatic carbocycles. The molecule has 0 aliphatic rings. The van der Waals surface area contributed by atoms with E-state index in [0.717, 1.165) is 50.5 Å². The lowest BCUT2D eigenvalue weighted by molar-refractivity contribution is 1.18. The third-order valence-electron chi connectivity index (χ3n) is 8.41. The second kappa shape index (κ2) is 12.0. The molecule has 0 radical (unpaired) electrons. The zero-order chi connectivity index (χ0) is 30.7. The van der Waals surface area contributed by atoms with Crippen LogP contribution in [0.2, 0.25) is 0 Å². The monoisotopic (exact) mass is 586 g/mol. The van der Waals surface area contributed by atoms with Crippen LogP contribution in [0.4, 0.5) is 17.1 Å². The molecule has 2 nitrogen and oxygen atoms in total. The SMILES string of the molecule is C(#Cc1cc2c3ccccc3n(-c3ccccc3)c2cc1-c1ccc(N(c2ccccc2)c2ccccc2)cc1)c1ccccc1. The molecule has 0 saturated heterocycles. The van der Waals surface area contributed by atoms with E-state index >= 15 is 0 Å². The van der Waals surface area contributed by atoms with E-state index in [1.807, 2.05) is 18.2 Å². The molecule has 0 saturated carbocycles. The minimum absolute atomic E-state index is 0.997. The molecule has 46 heavy (non-hydrogen) atoms. The van der Waals surface area contributed by atoms with Gasteiger partial charge in [-0.25, -0.2) is 0 Å². The average Bonchev–Trinajstić information content (AvgIpc) is 3.46. The van der Waals surface area contributed by atoms with E-state index in [2.05, 4.69) is 185 Å². The number of anilines is 3. The topological polar surface area (TPSA) is 8.17 Å². The van der Waals surface area contributed by atoms with Crippen LogP contribution in [0, 0.1) is 11.8 Å². The van der Waals surface area contributed by atoms with E-state index in [1.165, 1.54) is 16.3 Å². The summed E-state index contributed by atoms with van der Waals surface area (Å²) in [4.78, 5) is 2.29. The Bertz CT molecular complexity index is 2290. The predicted molar refractivity (Wildman–Crippen MR) is 193 cm³/mol. The molecule has 0 aliphatic carbocycles. The van der Waals surface area contributed by atoms with E-state index < -0.39 is 0 Å². The van der Waals surface area contributed by atoms with Crippen molar-refractivity contribution in [2.75, 3.05) is 4.90 Å². The molecule has 1 heterocycles. The van der Waals surface area contributed by atoms with Gasteiger partial charge in [-0.15, -0.1) is 0 Å². The Morgan fingerprint density at radius 2 is 0.957 bits per heavy atom. The summed E-state index contributed by atoms with van der Waals surface area (Å²) in [6, 6.07) is 63.9. The van der Waals surface area contributed by atoms with Crippen molar-refractivity contribution in [2.45, 2.75) is 0 Å². The van der Waals surface area contributed by atoms with Gasteiger partial charge in [0.1, 0.15) is 0 Å². The van der Waals surface area contributed by atoms with E-state index in [9.17, 15) is 0 Å². The van der Waals surface area contributed by atoms with Gasteiger partial charge in [0, 0.05) is 44.6 Å². The van der Waals surface area contributed by atoms with Crippen molar-refractivity contribution in [3.8, 4) is 28.7 Å². The Morgan fingerprint density at radius 3 is 1.61 bits per heavy atom. The normalized spacial score (nSPS) is 10.9. The van der Waals surface area contributed by atoms with Gasteiger partial charge in [-0.2, -0.15) is 0 Å². The first-order valence-electron chi connectivity index (χ1n) is 15.5. The largest absolute Gasteiger partial charge is 0.311 e. The number of aromatic nitrogens is 1. The number of hydrogen-bond donors (Lipinski definition) is 0. The highest BCUT2D eigenvalue weighted by atomic mass is 15.1. The third-order valence-corrected chi connectivity index (χ3v) is 8.41. The van der Waals surface area contributed by atoms with Crippen LogP contribution in [-0.4, -0.2) is 4.57 Å². The molecule has 216 valence electrons. The van der Waals surface area contributed by atoms with E-state index in [4.69, 9.17) is 0 Å². The van der Waals surface area contributed by atoms with E-state index in [0.29, 0.717) is 0 Å². The molecule has 0 amide bonds. The fourth-order valence-electron chi connectivity index (χ4n) is 6.27. The van der Waals surface area contributed by atoms with Gasteiger partial charge in [0.05, 0.1) is 11.0 Å². The smallest absolute Gasteiger partial charge is 0.0548 e. The van der Waals surface area contributed by atoms with Crippen molar-refractivity contribution in [2.24, 2.45) is 0 Å². The van der Waals surface area contributed by atoms with Crippen LogP contribution in [0.1, 0.15) is 11.1 Å². The van der Waals surface area contributed by atoms with Gasteiger partial charge in [-0.05, 0) is 90.0 Å². The molecular weight excluding hydrogens is 556 g/mol. The fourth-order valence-corrected chi connectivity index (χ4v) is 6.27. The molecule has 0 N–H and O–H groups in total. The van der Waals surface area contributed by atoms with Crippen molar-refractivity contribution < 1.29 is 0 Å². The summed E-state index contributed by atoms with van der Waals surface area (Å²) in [5.74, 6) is 6.98. The first-order valence-corrected chi connectivity index (χ1v) is 15.5. The number of benzene rings is 7. The molecule has 0 aliphatic heterocycles. The van der Waals surface area contributed by atoms with Crippen LogP contribution in [0.5, 0.6) is 0 Å². The lowest BCUT2D eigenvalue weighted by atomic mass is 9.96. The Balaban J connectivity index is 1.33. The molecule has 0 fully saturated rings. The maximum atomic E-state index is 3.55. The summed E-state index contributed by atoms with van der Waals surface area (Å²) in [5, 5.41) is 2.41. The van der Waals surface area contributed by atoms with Crippen LogP contribution in [-0.2, 0) is 0 Å². The molecule has 2 heteroatoms. The van der Waals surface area contributed by atoms with Crippen molar-refractivity contribution in [1.29, 1.82) is 0 Å². The predicted octanol–water partition coefficient (Wildman–Crippen LogP) is 11.3. The van der Waals surface area contributed by atoms with Crippen LogP contribution in [0.15, 0.2) is 182 Å². The van der Waals surface area contributed by atoms with Gasteiger partial charge in [0.15, 0.2) is 0 Å². The van der Waals surface area contributed by atoms with Gasteiger partial charge in [0.2, 0.25) is 0 Å². The first-order chi connectivity index (χ1) is 22.8. The third kappa shape index (κ3) is 5.11. The lowest BCUT2D eigenvalue weighted by Crippen LogP contribution is -2.09. The van der Waals surface area contributed by atoms with E-state index in [1.54, 1.807) is 0 Å². The number of nitrogens with zero attached hydrogens (tertiary/aromatic N) is 2. The zero-order valence-corrected chi connectivity index (χ0v) is 25.2. The Morgan fingerprint density at radius 1 is 0.413 bits per heavy atom. The van der Waals surface area contributed by atoms with Crippen molar-refractivity contribution in [1.82, 2.24) is 4.57 Å². The van der Waals surface area contributed by atoms with Gasteiger partial charge in [0.25, 0.3) is 0 Å². The molecule has 0 bridgehead atoms.